The van der Waals surface area contributed by atoms with Gasteiger partial charge in [-0.05, 0) is 12.8 Å². The van der Waals surface area contributed by atoms with Gasteiger partial charge < -0.3 is 15.3 Å². The van der Waals surface area contributed by atoms with Gasteiger partial charge in [0.15, 0.2) is 11.6 Å². The van der Waals surface area contributed by atoms with Gasteiger partial charge in [0.05, 0.1) is 6.61 Å². The molecule has 0 bridgehead atoms. The standard InChI is InChI=1S/C29H56O5/c1-3-5-7-9-10-11-12-13-14-15-16-17-18-20-22-24-27(32)29(34,28(33)25-30)26(31)23-21-19-8-6-4-2/h28,30,33-34H,3-25H2,1-2H3. The molecule has 34 heavy (non-hydrogen) atoms. The SMILES string of the molecule is CCCCCCCCCCCCCCCCCC(=O)C(O)(C(=O)CCCCCCC)C(O)CO. The summed E-state index contributed by atoms with van der Waals surface area (Å²) in [6.45, 7) is 3.56. The van der Waals surface area contributed by atoms with Crippen molar-refractivity contribution in [3.63, 3.8) is 0 Å². The highest BCUT2D eigenvalue weighted by atomic mass is 16.4. The summed E-state index contributed by atoms with van der Waals surface area (Å²) in [5, 5.41) is 30.1. The maximum absolute atomic E-state index is 12.6. The molecule has 0 heterocycles. The molecule has 0 aliphatic rings. The van der Waals surface area contributed by atoms with Gasteiger partial charge in [-0.25, -0.2) is 0 Å². The Balaban J connectivity index is 3.96. The molecule has 0 aromatic heterocycles. The monoisotopic (exact) mass is 484 g/mol. The fourth-order valence-corrected chi connectivity index (χ4v) is 4.59. The van der Waals surface area contributed by atoms with Gasteiger partial charge >= 0.3 is 0 Å². The van der Waals surface area contributed by atoms with Crippen LogP contribution in [-0.2, 0) is 9.59 Å². The van der Waals surface area contributed by atoms with E-state index >= 15 is 0 Å². The third kappa shape index (κ3) is 15.3. The van der Waals surface area contributed by atoms with Crippen molar-refractivity contribution in [2.45, 2.75) is 167 Å². The summed E-state index contributed by atoms with van der Waals surface area (Å²) >= 11 is 0. The van der Waals surface area contributed by atoms with Crippen LogP contribution in [0.15, 0.2) is 0 Å². The van der Waals surface area contributed by atoms with Crippen LogP contribution in [0.5, 0.6) is 0 Å². The number of aliphatic hydroxyl groups excluding tert-OH is 2. The lowest BCUT2D eigenvalue weighted by Gasteiger charge is -2.29. The van der Waals surface area contributed by atoms with Crippen molar-refractivity contribution in [3.8, 4) is 0 Å². The molecular formula is C29H56O5. The van der Waals surface area contributed by atoms with Crippen LogP contribution in [0.3, 0.4) is 0 Å². The lowest BCUT2D eigenvalue weighted by molar-refractivity contribution is -0.166. The van der Waals surface area contributed by atoms with E-state index in [1.807, 2.05) is 0 Å². The van der Waals surface area contributed by atoms with Crippen molar-refractivity contribution >= 4 is 11.6 Å². The van der Waals surface area contributed by atoms with Gasteiger partial charge in [-0.2, -0.15) is 0 Å². The molecule has 0 aliphatic heterocycles. The maximum Gasteiger partial charge on any atom is 0.209 e. The lowest BCUT2D eigenvalue weighted by Crippen LogP contribution is -2.57. The third-order valence-corrected chi connectivity index (χ3v) is 7.02. The second-order valence-corrected chi connectivity index (χ2v) is 10.2. The molecule has 5 heteroatoms. The number of ketones is 2. The Morgan fingerprint density at radius 2 is 0.824 bits per heavy atom. The Morgan fingerprint density at radius 1 is 0.559 bits per heavy atom. The van der Waals surface area contributed by atoms with Crippen LogP contribution in [0.25, 0.3) is 0 Å². The van der Waals surface area contributed by atoms with Crippen LogP contribution in [0.2, 0.25) is 0 Å². The summed E-state index contributed by atoms with van der Waals surface area (Å²) in [4.78, 5) is 25.2. The molecule has 0 rings (SSSR count). The molecule has 5 nitrogen and oxygen atoms in total. The second kappa shape index (κ2) is 22.7. The number of unbranched alkanes of at least 4 members (excludes halogenated alkanes) is 18. The molecule has 202 valence electrons. The number of hydrogen-bond acceptors (Lipinski definition) is 5. The molecular weight excluding hydrogens is 428 g/mol. The first-order valence-corrected chi connectivity index (χ1v) is 14.5. The van der Waals surface area contributed by atoms with E-state index in [2.05, 4.69) is 13.8 Å². The molecule has 0 fully saturated rings. The lowest BCUT2D eigenvalue weighted by atomic mass is 9.82. The summed E-state index contributed by atoms with van der Waals surface area (Å²) in [6.07, 6.45) is 21.4. The summed E-state index contributed by atoms with van der Waals surface area (Å²) in [5.74, 6) is -1.31. The summed E-state index contributed by atoms with van der Waals surface area (Å²) in [6, 6.07) is 0. The van der Waals surface area contributed by atoms with Gasteiger partial charge in [-0.15, -0.1) is 0 Å². The molecule has 0 aromatic carbocycles. The van der Waals surface area contributed by atoms with E-state index in [0.29, 0.717) is 12.8 Å². The minimum atomic E-state index is -2.46. The largest absolute Gasteiger partial charge is 0.394 e. The van der Waals surface area contributed by atoms with E-state index < -0.39 is 29.9 Å². The highest BCUT2D eigenvalue weighted by Gasteiger charge is 2.48. The van der Waals surface area contributed by atoms with Crippen molar-refractivity contribution < 1.29 is 24.9 Å². The second-order valence-electron chi connectivity index (χ2n) is 10.2. The average molecular weight is 485 g/mol. The number of Topliss-reactive ketones (excluding diaryl/α,β-unsaturated/α-hetero) is 2. The first-order valence-electron chi connectivity index (χ1n) is 14.5. The smallest absolute Gasteiger partial charge is 0.209 e. The molecule has 0 aromatic rings. The molecule has 0 saturated carbocycles. The van der Waals surface area contributed by atoms with Gasteiger partial charge in [-0.1, -0.05) is 129 Å². The van der Waals surface area contributed by atoms with Crippen molar-refractivity contribution in [1.82, 2.24) is 0 Å². The third-order valence-electron chi connectivity index (χ3n) is 7.02. The summed E-state index contributed by atoms with van der Waals surface area (Å²) in [7, 11) is 0. The molecule has 0 saturated heterocycles. The number of hydrogen-bond donors (Lipinski definition) is 3. The van der Waals surface area contributed by atoms with Crippen LogP contribution in [-0.4, -0.2) is 45.2 Å². The van der Waals surface area contributed by atoms with Crippen LogP contribution in [0, 0.1) is 0 Å². The van der Waals surface area contributed by atoms with E-state index in [9.17, 15) is 24.9 Å². The fourth-order valence-electron chi connectivity index (χ4n) is 4.59. The van der Waals surface area contributed by atoms with Crippen molar-refractivity contribution in [1.29, 1.82) is 0 Å². The Labute approximate surface area is 210 Å². The molecule has 0 aliphatic carbocycles. The number of rotatable bonds is 26. The van der Waals surface area contributed by atoms with Gasteiger partial charge in [0, 0.05) is 12.8 Å². The first kappa shape index (κ1) is 33.2. The number of carbonyl (C=O) groups excluding carboxylic acids is 2. The van der Waals surface area contributed by atoms with Crippen LogP contribution < -0.4 is 0 Å². The van der Waals surface area contributed by atoms with Crippen molar-refractivity contribution in [2.75, 3.05) is 6.61 Å². The Morgan fingerprint density at radius 3 is 1.09 bits per heavy atom. The van der Waals surface area contributed by atoms with Crippen LogP contribution in [0.1, 0.15) is 155 Å². The predicted molar refractivity (Wildman–Crippen MR) is 141 cm³/mol. The minimum Gasteiger partial charge on any atom is -0.394 e. The van der Waals surface area contributed by atoms with E-state index in [1.165, 1.54) is 70.6 Å². The van der Waals surface area contributed by atoms with Gasteiger partial charge in [0.2, 0.25) is 5.60 Å². The average Bonchev–Trinajstić information content (AvgIpc) is 2.84. The Bertz CT molecular complexity index is 493. The zero-order valence-electron chi connectivity index (χ0n) is 22.5. The van der Waals surface area contributed by atoms with E-state index in [4.69, 9.17) is 0 Å². The molecule has 3 N–H and O–H groups in total. The van der Waals surface area contributed by atoms with E-state index in [-0.39, 0.29) is 12.8 Å². The first-order chi connectivity index (χ1) is 16.4. The van der Waals surface area contributed by atoms with Gasteiger partial charge in [0.1, 0.15) is 6.10 Å². The number of aliphatic hydroxyl groups is 3. The molecule has 0 amide bonds. The molecule has 0 radical (unpaired) electrons. The highest BCUT2D eigenvalue weighted by Crippen LogP contribution is 2.22. The van der Waals surface area contributed by atoms with Crippen molar-refractivity contribution in [2.24, 2.45) is 0 Å². The fraction of sp³-hybridized carbons (Fsp3) is 0.931. The summed E-state index contributed by atoms with van der Waals surface area (Å²) < 4.78 is 0. The topological polar surface area (TPSA) is 94.8 Å². The maximum atomic E-state index is 12.6. The Hall–Kier alpha value is -0.780. The van der Waals surface area contributed by atoms with E-state index in [1.54, 1.807) is 0 Å². The molecule has 2 unspecified atom stereocenters. The van der Waals surface area contributed by atoms with E-state index in [0.717, 1.165) is 44.9 Å². The number of carbonyl (C=O) groups is 2. The minimum absolute atomic E-state index is 0.0574. The zero-order valence-corrected chi connectivity index (χ0v) is 22.5. The van der Waals surface area contributed by atoms with Gasteiger partial charge in [-0.3, -0.25) is 9.59 Å². The zero-order chi connectivity index (χ0) is 25.5. The normalized spacial score (nSPS) is 14.1. The van der Waals surface area contributed by atoms with Crippen molar-refractivity contribution in [3.05, 3.63) is 0 Å². The van der Waals surface area contributed by atoms with Gasteiger partial charge in [0.25, 0.3) is 0 Å². The summed E-state index contributed by atoms with van der Waals surface area (Å²) in [5.41, 5.74) is -2.46. The van der Waals surface area contributed by atoms with Crippen LogP contribution in [0.4, 0.5) is 0 Å². The molecule has 0 spiro atoms. The quantitative estimate of drug-likeness (QED) is 0.0923. The predicted octanol–water partition coefficient (Wildman–Crippen LogP) is 6.83. The molecule has 2 atom stereocenters. The highest BCUT2D eigenvalue weighted by molar-refractivity contribution is 6.10. The van der Waals surface area contributed by atoms with Crippen LogP contribution >= 0.6 is 0 Å². The Kier molecular flexibility index (Phi) is 22.1.